The summed E-state index contributed by atoms with van der Waals surface area (Å²) in [6.45, 7) is 3.65. The fraction of sp³-hybridized carbons (Fsp3) is 0.152. The van der Waals surface area contributed by atoms with Crippen molar-refractivity contribution in [3.8, 4) is 28.7 Å². The smallest absolute Gasteiger partial charge is 0.251 e. The van der Waals surface area contributed by atoms with Gasteiger partial charge in [0.15, 0.2) is 0 Å². The van der Waals surface area contributed by atoms with Crippen LogP contribution in [0.5, 0.6) is 0 Å². The number of nitrogens with zero attached hydrogens (tertiary/aromatic N) is 3. The average Bonchev–Trinajstić information content (AvgIpc) is 3.49. The summed E-state index contributed by atoms with van der Waals surface area (Å²) >= 11 is 0. The van der Waals surface area contributed by atoms with Crippen molar-refractivity contribution in [1.82, 2.24) is 15.5 Å². The van der Waals surface area contributed by atoms with Crippen LogP contribution < -0.4 is 11.1 Å². The van der Waals surface area contributed by atoms with Crippen molar-refractivity contribution in [3.05, 3.63) is 131 Å². The van der Waals surface area contributed by atoms with Crippen LogP contribution in [0.4, 0.5) is 4.39 Å². The van der Waals surface area contributed by atoms with Crippen molar-refractivity contribution in [2.24, 2.45) is 5.73 Å². The van der Waals surface area contributed by atoms with Crippen molar-refractivity contribution in [2.75, 3.05) is 0 Å². The molecule has 1 aromatic heterocycles. The molecule has 0 aliphatic heterocycles. The number of nitrogens with one attached hydrogen (secondary N) is 1. The van der Waals surface area contributed by atoms with Crippen molar-refractivity contribution < 1.29 is 13.6 Å². The van der Waals surface area contributed by atoms with Gasteiger partial charge in [-0.2, -0.15) is 5.26 Å². The number of hydrogen-bond acceptors (Lipinski definition) is 6. The van der Waals surface area contributed by atoms with E-state index in [9.17, 15) is 14.4 Å². The Morgan fingerprint density at radius 1 is 1.00 bits per heavy atom. The molecule has 0 saturated carbocycles. The molecule has 8 heteroatoms. The number of rotatable bonds is 8. The lowest BCUT2D eigenvalue weighted by atomic mass is 9.94. The zero-order chi connectivity index (χ0) is 29.0. The number of amides is 1. The summed E-state index contributed by atoms with van der Waals surface area (Å²) in [6.07, 6.45) is 0.486. The van der Waals surface area contributed by atoms with E-state index in [1.54, 1.807) is 42.5 Å². The predicted octanol–water partition coefficient (Wildman–Crippen LogP) is 6.32. The number of nitriles is 1. The van der Waals surface area contributed by atoms with E-state index in [2.05, 4.69) is 21.6 Å². The molecule has 5 rings (SSSR count). The predicted molar refractivity (Wildman–Crippen MR) is 154 cm³/mol. The van der Waals surface area contributed by atoms with E-state index in [-0.39, 0.29) is 29.5 Å². The summed E-state index contributed by atoms with van der Waals surface area (Å²) < 4.78 is 19.5. The van der Waals surface area contributed by atoms with Gasteiger partial charge in [0.1, 0.15) is 5.82 Å². The van der Waals surface area contributed by atoms with Crippen molar-refractivity contribution in [1.29, 1.82) is 5.26 Å². The number of benzene rings is 4. The highest BCUT2D eigenvalue weighted by Gasteiger charge is 2.29. The van der Waals surface area contributed by atoms with Crippen molar-refractivity contribution in [3.63, 3.8) is 0 Å². The van der Waals surface area contributed by atoms with E-state index in [1.165, 1.54) is 12.1 Å². The van der Waals surface area contributed by atoms with Crippen LogP contribution in [-0.4, -0.2) is 16.1 Å². The van der Waals surface area contributed by atoms with E-state index < -0.39 is 5.54 Å². The maximum atomic E-state index is 13.4. The minimum absolute atomic E-state index is 0.196. The van der Waals surface area contributed by atoms with Crippen LogP contribution >= 0.6 is 0 Å². The number of nitrogens with two attached hydrogens (primary N) is 1. The third-order valence-electron chi connectivity index (χ3n) is 6.85. The molecule has 0 spiro atoms. The number of carbonyl (C=O) groups excluding carboxylic acids is 1. The van der Waals surface area contributed by atoms with E-state index in [1.807, 2.05) is 56.3 Å². The van der Waals surface area contributed by atoms with E-state index in [0.29, 0.717) is 34.2 Å². The van der Waals surface area contributed by atoms with E-state index in [4.69, 9.17) is 10.2 Å². The number of carbonyl (C=O) groups is 1. The minimum atomic E-state index is -0.928. The van der Waals surface area contributed by atoms with Crippen LogP contribution in [0.3, 0.4) is 0 Å². The van der Waals surface area contributed by atoms with Crippen LogP contribution in [0, 0.1) is 17.1 Å². The lowest BCUT2D eigenvalue weighted by molar-refractivity contribution is 0.0940. The largest absolute Gasteiger partial charge is 0.419 e. The summed E-state index contributed by atoms with van der Waals surface area (Å²) in [5.41, 5.74) is 10.0. The topological polar surface area (TPSA) is 118 Å². The Bertz CT molecular complexity index is 1720. The summed E-state index contributed by atoms with van der Waals surface area (Å²) in [5, 5.41) is 21.2. The monoisotopic (exact) mass is 545 g/mol. The van der Waals surface area contributed by atoms with Gasteiger partial charge in [0, 0.05) is 11.1 Å². The Hall–Kier alpha value is -5.13. The molecule has 2 atom stereocenters. The molecule has 0 saturated heterocycles. The molecule has 3 N–H and O–H groups in total. The quantitative estimate of drug-likeness (QED) is 0.236. The standard InChI is InChI=1S/C33H28FN5O2/c1-21(23-12-14-28(34)15-13-23)37-30(40)26-16-25(29-11-7-6-10-24(29)20-35)17-27(18-26)31-38-39-32(41-31)33(2,36)19-22-8-4-3-5-9-22/h3-18,21H,19,36H2,1-2H3,(H,37,40)/t21-,33-/m1/s1. The molecular weight excluding hydrogens is 517 g/mol. The highest BCUT2D eigenvalue weighted by molar-refractivity contribution is 5.97. The number of hydrogen-bond donors (Lipinski definition) is 2. The summed E-state index contributed by atoms with van der Waals surface area (Å²) in [7, 11) is 0. The molecule has 0 radical (unpaired) electrons. The van der Waals surface area contributed by atoms with E-state index in [0.717, 1.165) is 11.1 Å². The highest BCUT2D eigenvalue weighted by atomic mass is 19.1. The molecule has 41 heavy (non-hydrogen) atoms. The Labute approximate surface area is 237 Å². The minimum Gasteiger partial charge on any atom is -0.419 e. The Kier molecular flexibility index (Phi) is 7.72. The third-order valence-corrected chi connectivity index (χ3v) is 6.85. The maximum absolute atomic E-state index is 13.4. The van der Waals surface area contributed by atoms with Crippen LogP contribution in [0.1, 0.15) is 52.8 Å². The van der Waals surface area contributed by atoms with Gasteiger partial charge in [-0.25, -0.2) is 4.39 Å². The Morgan fingerprint density at radius 3 is 2.41 bits per heavy atom. The highest BCUT2D eigenvalue weighted by Crippen LogP contribution is 2.32. The summed E-state index contributed by atoms with van der Waals surface area (Å²) in [4.78, 5) is 13.4. The molecule has 7 nitrogen and oxygen atoms in total. The van der Waals surface area contributed by atoms with Crippen LogP contribution in [0.2, 0.25) is 0 Å². The molecule has 0 aliphatic carbocycles. The molecule has 0 fully saturated rings. The molecule has 0 aliphatic rings. The van der Waals surface area contributed by atoms with Crippen LogP contribution in [-0.2, 0) is 12.0 Å². The fourth-order valence-corrected chi connectivity index (χ4v) is 4.65. The molecular formula is C33H28FN5O2. The maximum Gasteiger partial charge on any atom is 0.251 e. The molecule has 5 aromatic rings. The second-order valence-corrected chi connectivity index (χ2v) is 10.2. The molecule has 204 valence electrons. The van der Waals surface area contributed by atoms with Crippen LogP contribution in [0.15, 0.2) is 101 Å². The summed E-state index contributed by atoms with van der Waals surface area (Å²) in [5.74, 6) is -0.249. The first-order valence-corrected chi connectivity index (χ1v) is 13.1. The van der Waals surface area contributed by atoms with Gasteiger partial charge >= 0.3 is 0 Å². The first kappa shape index (κ1) is 27.4. The Balaban J connectivity index is 1.51. The van der Waals surface area contributed by atoms with E-state index >= 15 is 0 Å². The number of halogens is 1. The van der Waals surface area contributed by atoms with Gasteiger partial charge in [0.2, 0.25) is 11.8 Å². The average molecular weight is 546 g/mol. The molecule has 4 aromatic carbocycles. The zero-order valence-electron chi connectivity index (χ0n) is 22.6. The SMILES string of the molecule is C[C@@H](NC(=O)c1cc(-c2nnc([C@](C)(N)Cc3ccccc3)o2)cc(-c2ccccc2C#N)c1)c1ccc(F)cc1. The lowest BCUT2D eigenvalue weighted by Crippen LogP contribution is -2.35. The van der Waals surface area contributed by atoms with Crippen molar-refractivity contribution >= 4 is 5.91 Å². The Morgan fingerprint density at radius 2 is 1.68 bits per heavy atom. The second kappa shape index (κ2) is 11.5. The number of aromatic nitrogens is 2. The van der Waals surface area contributed by atoms with Gasteiger partial charge in [0.25, 0.3) is 5.91 Å². The first-order valence-electron chi connectivity index (χ1n) is 13.1. The zero-order valence-corrected chi connectivity index (χ0v) is 22.6. The second-order valence-electron chi connectivity index (χ2n) is 10.2. The summed E-state index contributed by atoms with van der Waals surface area (Å²) in [6, 6.07) is 29.9. The van der Waals surface area contributed by atoms with Gasteiger partial charge in [-0.05, 0) is 78.9 Å². The lowest BCUT2D eigenvalue weighted by Gasteiger charge is -2.20. The molecule has 0 bridgehead atoms. The van der Waals surface area contributed by atoms with Crippen molar-refractivity contribution in [2.45, 2.75) is 31.8 Å². The third kappa shape index (κ3) is 6.21. The molecule has 1 amide bonds. The van der Waals surface area contributed by atoms with Gasteiger partial charge < -0.3 is 15.5 Å². The fourth-order valence-electron chi connectivity index (χ4n) is 4.65. The van der Waals surface area contributed by atoms with Gasteiger partial charge in [-0.15, -0.1) is 10.2 Å². The van der Waals surface area contributed by atoms with Gasteiger partial charge in [-0.1, -0.05) is 60.7 Å². The normalized spacial score (nSPS) is 13.1. The first-order chi connectivity index (χ1) is 19.7. The van der Waals surface area contributed by atoms with Crippen LogP contribution in [0.25, 0.3) is 22.6 Å². The molecule has 1 heterocycles. The van der Waals surface area contributed by atoms with Gasteiger partial charge in [0.05, 0.1) is 23.2 Å². The molecule has 0 unspecified atom stereocenters. The van der Waals surface area contributed by atoms with Gasteiger partial charge in [-0.3, -0.25) is 4.79 Å².